The molecule has 0 bridgehead atoms. The molecule has 0 saturated heterocycles. The summed E-state index contributed by atoms with van der Waals surface area (Å²) in [5.74, 6) is -2.57. The van der Waals surface area contributed by atoms with Crippen molar-refractivity contribution in [2.24, 2.45) is 0 Å². The SMILES string of the molecule is Cc1ccc(F)c(C(=O)c2cnccn2)c1F. The molecule has 0 N–H and O–H groups in total. The van der Waals surface area contributed by atoms with E-state index in [4.69, 9.17) is 0 Å². The summed E-state index contributed by atoms with van der Waals surface area (Å²) in [5.41, 5.74) is -0.472. The molecule has 0 aliphatic carbocycles. The minimum Gasteiger partial charge on any atom is -0.287 e. The Labute approximate surface area is 96.2 Å². The van der Waals surface area contributed by atoms with E-state index in [0.717, 1.165) is 6.07 Å². The predicted octanol–water partition coefficient (Wildman–Crippen LogP) is 2.29. The quantitative estimate of drug-likeness (QED) is 0.749. The number of halogens is 2. The van der Waals surface area contributed by atoms with Gasteiger partial charge in [-0.2, -0.15) is 0 Å². The van der Waals surface area contributed by atoms with Gasteiger partial charge in [0.05, 0.1) is 11.8 Å². The first-order valence-electron chi connectivity index (χ1n) is 4.86. The number of carbonyl (C=O) groups excluding carboxylic acids is 1. The second-order valence-corrected chi connectivity index (χ2v) is 3.47. The number of hydrogen-bond acceptors (Lipinski definition) is 3. The van der Waals surface area contributed by atoms with Gasteiger partial charge in [-0.1, -0.05) is 6.07 Å². The van der Waals surface area contributed by atoms with E-state index in [1.54, 1.807) is 0 Å². The van der Waals surface area contributed by atoms with Crippen LogP contribution in [-0.4, -0.2) is 15.8 Å². The monoisotopic (exact) mass is 234 g/mol. The summed E-state index contributed by atoms with van der Waals surface area (Å²) in [6.45, 7) is 1.46. The molecular formula is C12H8F2N2O. The number of carbonyl (C=O) groups is 1. The first-order valence-corrected chi connectivity index (χ1v) is 4.86. The van der Waals surface area contributed by atoms with Gasteiger partial charge in [0, 0.05) is 12.4 Å². The zero-order valence-electron chi connectivity index (χ0n) is 8.95. The van der Waals surface area contributed by atoms with Crippen molar-refractivity contribution in [3.05, 3.63) is 59.2 Å². The summed E-state index contributed by atoms with van der Waals surface area (Å²) in [7, 11) is 0. The van der Waals surface area contributed by atoms with Gasteiger partial charge < -0.3 is 0 Å². The maximum atomic E-state index is 13.7. The number of hydrogen-bond donors (Lipinski definition) is 0. The molecule has 17 heavy (non-hydrogen) atoms. The highest BCUT2D eigenvalue weighted by molar-refractivity contribution is 6.07. The van der Waals surface area contributed by atoms with Crippen LogP contribution < -0.4 is 0 Å². The molecule has 0 radical (unpaired) electrons. The van der Waals surface area contributed by atoms with Crippen molar-refractivity contribution in [3.8, 4) is 0 Å². The Morgan fingerprint density at radius 2 is 2.00 bits per heavy atom. The summed E-state index contributed by atoms with van der Waals surface area (Å²) in [6, 6.07) is 2.33. The van der Waals surface area contributed by atoms with Gasteiger partial charge in [-0.15, -0.1) is 0 Å². The second-order valence-electron chi connectivity index (χ2n) is 3.47. The summed E-state index contributed by atoms with van der Waals surface area (Å²) in [5, 5.41) is 0. The second kappa shape index (κ2) is 4.37. The number of ketones is 1. The number of aromatic nitrogens is 2. The van der Waals surface area contributed by atoms with E-state index < -0.39 is 23.0 Å². The third kappa shape index (κ3) is 2.04. The predicted molar refractivity (Wildman–Crippen MR) is 56.6 cm³/mol. The molecule has 3 nitrogen and oxygen atoms in total. The Balaban J connectivity index is 2.56. The van der Waals surface area contributed by atoms with E-state index in [1.807, 2.05) is 0 Å². The fourth-order valence-corrected chi connectivity index (χ4v) is 1.41. The smallest absolute Gasteiger partial charge is 0.218 e. The van der Waals surface area contributed by atoms with Crippen LogP contribution in [0.5, 0.6) is 0 Å². The Morgan fingerprint density at radius 3 is 2.65 bits per heavy atom. The standard InChI is InChI=1S/C12H8F2N2O/c1-7-2-3-8(13)10(11(7)14)12(17)9-6-15-4-5-16-9/h2-6H,1H3. The normalized spacial score (nSPS) is 10.3. The first kappa shape index (κ1) is 11.3. The highest BCUT2D eigenvalue weighted by atomic mass is 19.1. The summed E-state index contributed by atoms with van der Waals surface area (Å²) >= 11 is 0. The number of aryl methyl sites for hydroxylation is 1. The molecule has 1 aromatic heterocycles. The molecule has 0 spiro atoms. The largest absolute Gasteiger partial charge is 0.287 e. The Hall–Kier alpha value is -2.17. The van der Waals surface area contributed by atoms with Crippen LogP contribution in [-0.2, 0) is 0 Å². The van der Waals surface area contributed by atoms with Crippen molar-refractivity contribution in [2.75, 3.05) is 0 Å². The average molecular weight is 234 g/mol. The van der Waals surface area contributed by atoms with Crippen molar-refractivity contribution in [2.45, 2.75) is 6.92 Å². The molecule has 86 valence electrons. The van der Waals surface area contributed by atoms with Gasteiger partial charge in [-0.05, 0) is 18.6 Å². The van der Waals surface area contributed by atoms with Crippen LogP contribution in [0.2, 0.25) is 0 Å². The summed E-state index contributed by atoms with van der Waals surface area (Å²) in [4.78, 5) is 19.3. The van der Waals surface area contributed by atoms with Crippen molar-refractivity contribution < 1.29 is 13.6 Å². The van der Waals surface area contributed by atoms with E-state index in [0.29, 0.717) is 0 Å². The molecule has 0 atom stereocenters. The van der Waals surface area contributed by atoms with Crippen molar-refractivity contribution in [1.29, 1.82) is 0 Å². The van der Waals surface area contributed by atoms with Gasteiger partial charge >= 0.3 is 0 Å². The molecular weight excluding hydrogens is 226 g/mol. The van der Waals surface area contributed by atoms with Crippen LogP contribution in [0.15, 0.2) is 30.7 Å². The van der Waals surface area contributed by atoms with Gasteiger partial charge in [-0.25, -0.2) is 13.8 Å². The van der Waals surface area contributed by atoms with Gasteiger partial charge in [0.15, 0.2) is 0 Å². The Kier molecular flexibility index (Phi) is 2.91. The molecule has 1 heterocycles. The van der Waals surface area contributed by atoms with Gasteiger partial charge in [-0.3, -0.25) is 9.78 Å². The van der Waals surface area contributed by atoms with E-state index >= 15 is 0 Å². The average Bonchev–Trinajstić information content (AvgIpc) is 2.35. The van der Waals surface area contributed by atoms with Crippen LogP contribution in [0, 0.1) is 18.6 Å². The molecule has 1 aromatic carbocycles. The lowest BCUT2D eigenvalue weighted by Crippen LogP contribution is -2.10. The minimum absolute atomic E-state index is 0.0871. The Bertz CT molecular complexity index is 570. The summed E-state index contributed by atoms with van der Waals surface area (Å²) < 4.78 is 27.1. The molecule has 0 unspecified atom stereocenters. The molecule has 2 rings (SSSR count). The summed E-state index contributed by atoms with van der Waals surface area (Å²) in [6.07, 6.45) is 3.84. The number of benzene rings is 1. The van der Waals surface area contributed by atoms with Crippen molar-refractivity contribution in [3.63, 3.8) is 0 Å². The van der Waals surface area contributed by atoms with Crippen LogP contribution in [0.1, 0.15) is 21.6 Å². The fourth-order valence-electron chi connectivity index (χ4n) is 1.41. The van der Waals surface area contributed by atoms with Gasteiger partial charge in [0.1, 0.15) is 17.3 Å². The lowest BCUT2D eigenvalue weighted by atomic mass is 10.0. The molecule has 5 heteroatoms. The minimum atomic E-state index is -0.899. The van der Waals surface area contributed by atoms with Crippen LogP contribution in [0.4, 0.5) is 8.78 Å². The van der Waals surface area contributed by atoms with Crippen molar-refractivity contribution >= 4 is 5.78 Å². The molecule has 0 saturated carbocycles. The third-order valence-corrected chi connectivity index (χ3v) is 2.31. The maximum absolute atomic E-state index is 13.7. The lowest BCUT2D eigenvalue weighted by molar-refractivity contribution is 0.102. The topological polar surface area (TPSA) is 42.9 Å². The zero-order chi connectivity index (χ0) is 12.4. The van der Waals surface area contributed by atoms with Gasteiger partial charge in [0.2, 0.25) is 5.78 Å². The van der Waals surface area contributed by atoms with Crippen LogP contribution >= 0.6 is 0 Å². The van der Waals surface area contributed by atoms with Crippen LogP contribution in [0.25, 0.3) is 0 Å². The van der Waals surface area contributed by atoms with E-state index in [9.17, 15) is 13.6 Å². The molecule has 0 fully saturated rings. The number of rotatable bonds is 2. The van der Waals surface area contributed by atoms with Crippen molar-refractivity contribution in [1.82, 2.24) is 9.97 Å². The lowest BCUT2D eigenvalue weighted by Gasteiger charge is -2.05. The molecule has 2 aromatic rings. The zero-order valence-corrected chi connectivity index (χ0v) is 8.95. The fraction of sp³-hybridized carbons (Fsp3) is 0.0833. The van der Waals surface area contributed by atoms with E-state index in [-0.39, 0.29) is 11.3 Å². The first-order chi connectivity index (χ1) is 8.11. The van der Waals surface area contributed by atoms with Crippen LogP contribution in [0.3, 0.4) is 0 Å². The highest BCUT2D eigenvalue weighted by Crippen LogP contribution is 2.18. The molecule has 0 aliphatic heterocycles. The molecule has 0 amide bonds. The third-order valence-electron chi connectivity index (χ3n) is 2.31. The number of nitrogens with zero attached hydrogens (tertiary/aromatic N) is 2. The van der Waals surface area contributed by atoms with Gasteiger partial charge in [0.25, 0.3) is 0 Å². The maximum Gasteiger partial charge on any atom is 0.218 e. The molecule has 0 aliphatic rings. The Morgan fingerprint density at radius 1 is 1.24 bits per heavy atom. The van der Waals surface area contributed by atoms with E-state index in [2.05, 4.69) is 9.97 Å². The highest BCUT2D eigenvalue weighted by Gasteiger charge is 2.21. The van der Waals surface area contributed by atoms with E-state index in [1.165, 1.54) is 31.6 Å².